The molecule has 4 fully saturated rings. The van der Waals surface area contributed by atoms with Gasteiger partial charge in [0.2, 0.25) is 5.91 Å². The van der Waals surface area contributed by atoms with E-state index in [1.54, 1.807) is 0 Å². The Morgan fingerprint density at radius 1 is 0.378 bits per heavy atom. The van der Waals surface area contributed by atoms with Gasteiger partial charge in [0.25, 0.3) is 0 Å². The van der Waals surface area contributed by atoms with Crippen LogP contribution in [0.2, 0.25) is 0 Å². The number of rotatable bonds is 18. The maximum absolute atomic E-state index is 12.1. The summed E-state index contributed by atoms with van der Waals surface area (Å²) >= 11 is 0. The summed E-state index contributed by atoms with van der Waals surface area (Å²) in [5.41, 5.74) is 0. The topological polar surface area (TPSA) is 269 Å². The molecule has 0 saturated carbocycles. The monoisotopic (exact) mass is 1060 g/mol. The Bertz CT molecular complexity index is 1760. The molecule has 0 aromatic carbocycles. The lowest BCUT2D eigenvalue weighted by Crippen LogP contribution is -2.63. The molecule has 4 saturated heterocycles. The highest BCUT2D eigenvalue weighted by Gasteiger charge is 2.54. The van der Waals surface area contributed by atoms with E-state index < -0.39 is 115 Å². The molecule has 424 valence electrons. The van der Waals surface area contributed by atoms with Gasteiger partial charge in [-0.2, -0.15) is 0 Å². The fourth-order valence-corrected chi connectivity index (χ4v) is 10.1. The van der Waals surface area contributed by atoms with Gasteiger partial charge in [-0.15, -0.1) is 0 Å². The van der Waals surface area contributed by atoms with E-state index in [4.69, 9.17) is 61.6 Å². The Hall–Kier alpha value is -4.48. The highest BCUT2D eigenvalue weighted by atomic mass is 16.7. The Kier molecular flexibility index (Phi) is 25.1. The number of carbonyl (C=O) groups excluding carboxylic acids is 8. The average Bonchev–Trinajstić information content (AvgIpc) is 3.28. The van der Waals surface area contributed by atoms with Gasteiger partial charge in [-0.25, -0.2) is 0 Å². The minimum absolute atomic E-state index is 0.00783. The molecule has 0 aromatic rings. The zero-order valence-electron chi connectivity index (χ0n) is 46.6. The minimum Gasteiger partial charge on any atom is -0.463 e. The first-order chi connectivity index (χ1) is 34.4. The largest absolute Gasteiger partial charge is 0.463 e. The second-order valence-electron chi connectivity index (χ2n) is 20.9. The molecule has 22 nitrogen and oxygen atoms in total. The number of ether oxygens (including phenoxy) is 13. The Labute approximate surface area is 436 Å². The molecule has 22 heteroatoms. The van der Waals surface area contributed by atoms with Crippen LogP contribution in [0.4, 0.5) is 0 Å². The first-order valence-electron chi connectivity index (χ1n) is 25.7. The first-order valence-corrected chi connectivity index (χ1v) is 25.7. The van der Waals surface area contributed by atoms with Gasteiger partial charge >= 0.3 is 41.8 Å². The predicted octanol–water partition coefficient (Wildman–Crippen LogP) is 4.41. The van der Waals surface area contributed by atoms with Crippen molar-refractivity contribution in [3.8, 4) is 0 Å². The zero-order valence-corrected chi connectivity index (χ0v) is 46.6. The lowest BCUT2D eigenvalue weighted by molar-refractivity contribution is -0.326. The number of hydrogen-bond donors (Lipinski definition) is 1. The van der Waals surface area contributed by atoms with E-state index in [0.29, 0.717) is 0 Å². The summed E-state index contributed by atoms with van der Waals surface area (Å²) < 4.78 is 75.9. The molecule has 0 aliphatic carbocycles. The molecule has 4 aliphatic heterocycles. The van der Waals surface area contributed by atoms with E-state index in [1.165, 1.54) is 55.4 Å². The summed E-state index contributed by atoms with van der Waals surface area (Å²) in [5, 5.41) is 2.94. The highest BCUT2D eigenvalue weighted by Crippen LogP contribution is 2.41. The smallest absolute Gasteiger partial charge is 0.303 e. The highest BCUT2D eigenvalue weighted by molar-refractivity contribution is 5.73. The molecule has 0 bridgehead atoms. The van der Waals surface area contributed by atoms with E-state index >= 15 is 0 Å². The molecular weight excluding hydrogens is 975 g/mol. The summed E-state index contributed by atoms with van der Waals surface area (Å²) in [6.07, 6.45) is -9.18. The number of hydrogen-bond acceptors (Lipinski definition) is 21. The van der Waals surface area contributed by atoms with Crippen LogP contribution in [0.5, 0.6) is 0 Å². The molecular formula is C52H85NO21. The van der Waals surface area contributed by atoms with Gasteiger partial charge < -0.3 is 66.9 Å². The van der Waals surface area contributed by atoms with Crippen LogP contribution in [0.15, 0.2) is 0 Å². The summed E-state index contributed by atoms with van der Waals surface area (Å²) in [6.45, 7) is 29.9. The molecule has 20 atom stereocenters. The lowest BCUT2D eigenvalue weighted by Gasteiger charge is -2.50. The fraction of sp³-hybridized carbons (Fsp3) is 0.846. The van der Waals surface area contributed by atoms with Crippen molar-refractivity contribution in [3.05, 3.63) is 0 Å². The van der Waals surface area contributed by atoms with E-state index in [2.05, 4.69) is 5.32 Å². The second kappa shape index (κ2) is 29.1. The third kappa shape index (κ3) is 18.4. The van der Waals surface area contributed by atoms with Crippen LogP contribution in [0, 0.1) is 47.3 Å². The molecule has 4 aliphatic rings. The molecule has 74 heavy (non-hydrogen) atoms. The van der Waals surface area contributed by atoms with E-state index in [9.17, 15) is 38.4 Å². The van der Waals surface area contributed by atoms with Crippen LogP contribution in [-0.2, 0) is 99.9 Å². The van der Waals surface area contributed by atoms with E-state index in [1.807, 2.05) is 69.2 Å². The predicted molar refractivity (Wildman–Crippen MR) is 260 cm³/mol. The van der Waals surface area contributed by atoms with Crippen molar-refractivity contribution < 1.29 is 99.9 Å². The van der Waals surface area contributed by atoms with Gasteiger partial charge in [-0.1, -0.05) is 69.2 Å². The van der Waals surface area contributed by atoms with Crippen molar-refractivity contribution in [2.45, 2.75) is 210 Å². The summed E-state index contributed by atoms with van der Waals surface area (Å²) in [7, 11) is 0. The molecule has 0 aromatic heterocycles. The van der Waals surface area contributed by atoms with Crippen LogP contribution < -0.4 is 5.32 Å². The molecule has 1 amide bonds. The van der Waals surface area contributed by atoms with Crippen molar-refractivity contribution in [2.75, 3.05) is 26.4 Å². The Balaban J connectivity index is 0.000000390. The quantitative estimate of drug-likeness (QED) is 0.147. The van der Waals surface area contributed by atoms with Gasteiger partial charge in [0.05, 0.1) is 30.5 Å². The van der Waals surface area contributed by atoms with Crippen LogP contribution >= 0.6 is 0 Å². The Morgan fingerprint density at radius 2 is 0.703 bits per heavy atom. The van der Waals surface area contributed by atoms with Gasteiger partial charge in [-0.05, 0) is 29.6 Å². The third-order valence-corrected chi connectivity index (χ3v) is 14.2. The normalized spacial score (nSPS) is 35.9. The van der Waals surface area contributed by atoms with E-state index in [-0.39, 0.29) is 91.9 Å². The maximum Gasteiger partial charge on any atom is 0.303 e. The summed E-state index contributed by atoms with van der Waals surface area (Å²) in [6, 6.07) is -0.515. The molecule has 10 unspecified atom stereocenters. The van der Waals surface area contributed by atoms with Crippen molar-refractivity contribution in [2.24, 2.45) is 47.3 Å². The fourth-order valence-electron chi connectivity index (χ4n) is 10.1. The minimum atomic E-state index is -1.04. The van der Waals surface area contributed by atoms with Gasteiger partial charge in [0.15, 0.2) is 30.9 Å². The summed E-state index contributed by atoms with van der Waals surface area (Å²) in [4.78, 5) is 94.2. The van der Waals surface area contributed by atoms with Crippen molar-refractivity contribution >= 4 is 47.7 Å². The van der Waals surface area contributed by atoms with Crippen molar-refractivity contribution in [1.82, 2.24) is 5.32 Å². The van der Waals surface area contributed by atoms with Gasteiger partial charge in [-0.3, -0.25) is 38.4 Å². The third-order valence-electron chi connectivity index (χ3n) is 14.2. The van der Waals surface area contributed by atoms with Gasteiger partial charge in [0.1, 0.15) is 50.8 Å². The zero-order chi connectivity index (χ0) is 56.0. The summed E-state index contributed by atoms with van der Waals surface area (Å²) in [5.74, 6) is -4.56. The average molecular weight is 1060 g/mol. The lowest BCUT2D eigenvalue weighted by atomic mass is 9.81. The number of esters is 7. The molecule has 1 N–H and O–H groups in total. The first kappa shape index (κ1) is 63.8. The van der Waals surface area contributed by atoms with Crippen molar-refractivity contribution in [3.63, 3.8) is 0 Å². The molecule has 4 rings (SSSR count). The SMILES string of the molecule is CC(=O)NC1[C@H](O[C@@H]2C(C)C(C(C)C)OC(COC(C)=O)[C@@H]2OC(C)=O)OC(COC(C)=O)[C@@H](C)[C@@H]1C.CC(=O)OCC1O[C@@H](O[C@@H]2C(C)C(C(C)C)OC(COC(C)=O)[C@@H]2OC(C)=O)C(OC(C)=O)[C@@H](C)[C@H]1C. The van der Waals surface area contributed by atoms with Gasteiger partial charge in [0, 0.05) is 73.1 Å². The van der Waals surface area contributed by atoms with Crippen LogP contribution in [0.1, 0.15) is 125 Å². The van der Waals surface area contributed by atoms with Crippen molar-refractivity contribution in [1.29, 1.82) is 0 Å². The standard InChI is InChI=1S/C26H43NO10.C26H42O11/c1-12(2)23-15(5)24(25(34-19(9)31)21(35-23)11-33-18(8)30)37-26-22(27-16(6)28)14(4)13(3)20(36-26)10-32-17(7)29;1-12(2)22-15(5)23(25(34-19(9)30)21(35-22)11-32-17(7)28)37-26-24(33-18(8)29)14(4)13(3)20(36-26)10-31-16(6)27/h12-15,20-26H,10-11H2,1-9H3,(H,27,28);12-15,20-26H,10-11H2,1-9H3/t13-,14-,15?,20?,21?,22?,23?,24+,25-,26-;13-,14+,15?,20?,21?,22?,23-,24?,25+,26+/m01/s1. The van der Waals surface area contributed by atoms with Crippen LogP contribution in [0.3, 0.4) is 0 Å². The second-order valence-corrected chi connectivity index (χ2v) is 20.9. The number of amides is 1. The number of carbonyl (C=O) groups is 8. The molecule has 0 radical (unpaired) electrons. The molecule has 0 spiro atoms. The van der Waals surface area contributed by atoms with E-state index in [0.717, 1.165) is 0 Å². The van der Waals surface area contributed by atoms with Crippen LogP contribution in [-0.4, -0.2) is 160 Å². The number of nitrogens with one attached hydrogen (secondary N) is 1. The van der Waals surface area contributed by atoms with Crippen LogP contribution in [0.25, 0.3) is 0 Å². The Morgan fingerprint density at radius 3 is 1.04 bits per heavy atom. The maximum atomic E-state index is 12.1. The molecule has 4 heterocycles.